The Morgan fingerprint density at radius 1 is 1.31 bits per heavy atom. The predicted molar refractivity (Wildman–Crippen MR) is 97.3 cm³/mol. The van der Waals surface area contributed by atoms with Crippen LogP contribution >= 0.6 is 0 Å². The molecule has 1 aliphatic rings. The summed E-state index contributed by atoms with van der Waals surface area (Å²) in [5, 5.41) is 27.9. The van der Waals surface area contributed by atoms with Crippen LogP contribution in [0.4, 0.5) is 0 Å². The molecule has 0 saturated carbocycles. The van der Waals surface area contributed by atoms with E-state index in [-0.39, 0.29) is 24.8 Å². The first kappa shape index (κ1) is 19.9. The van der Waals surface area contributed by atoms with Gasteiger partial charge >= 0.3 is 7.12 Å². The van der Waals surface area contributed by atoms with Crippen LogP contribution in [-0.4, -0.2) is 53.3 Å². The molecule has 9 heteroatoms. The zero-order valence-electron chi connectivity index (χ0n) is 14.9. The van der Waals surface area contributed by atoms with Crippen LogP contribution in [0.1, 0.15) is 37.0 Å². The van der Waals surface area contributed by atoms with Gasteiger partial charge in [-0.3, -0.25) is 9.59 Å². The summed E-state index contributed by atoms with van der Waals surface area (Å²) in [6.07, 6.45) is -0.180. The zero-order chi connectivity index (χ0) is 19.1. The SMILES string of the molecule is CC(C)C[C@H](NC(=O)C1CC(CNC(=O)c2ccccc2)=NO1)B(O)O. The highest BCUT2D eigenvalue weighted by atomic mass is 16.6. The van der Waals surface area contributed by atoms with E-state index in [0.717, 1.165) is 0 Å². The Morgan fingerprint density at radius 3 is 2.62 bits per heavy atom. The summed E-state index contributed by atoms with van der Waals surface area (Å²) in [6, 6.07) is 8.77. The fraction of sp³-hybridized carbons (Fsp3) is 0.471. The molecule has 1 aromatic rings. The van der Waals surface area contributed by atoms with Gasteiger partial charge in [-0.1, -0.05) is 37.2 Å². The van der Waals surface area contributed by atoms with Gasteiger partial charge in [0.05, 0.1) is 18.2 Å². The maximum atomic E-state index is 12.2. The summed E-state index contributed by atoms with van der Waals surface area (Å²) < 4.78 is 0. The van der Waals surface area contributed by atoms with E-state index in [2.05, 4.69) is 15.8 Å². The zero-order valence-corrected chi connectivity index (χ0v) is 14.9. The van der Waals surface area contributed by atoms with E-state index in [1.54, 1.807) is 24.3 Å². The van der Waals surface area contributed by atoms with Crippen LogP contribution in [-0.2, 0) is 9.63 Å². The fourth-order valence-corrected chi connectivity index (χ4v) is 2.58. The van der Waals surface area contributed by atoms with Crippen LogP contribution in [0.25, 0.3) is 0 Å². The molecule has 4 N–H and O–H groups in total. The van der Waals surface area contributed by atoms with Crippen molar-refractivity contribution in [2.45, 2.75) is 38.7 Å². The standard InChI is InChI=1S/C17H24BN3O5/c1-11(2)8-15(18(24)25)20-17(23)14-9-13(21-26-14)10-19-16(22)12-6-4-3-5-7-12/h3-7,11,14-15,24-25H,8-10H2,1-2H3,(H,19,22)(H,20,23)/t14?,15-/m0/s1. The van der Waals surface area contributed by atoms with Crippen molar-refractivity contribution in [1.82, 2.24) is 10.6 Å². The molecule has 140 valence electrons. The molecule has 0 bridgehead atoms. The van der Waals surface area contributed by atoms with Crippen molar-refractivity contribution in [2.75, 3.05) is 6.54 Å². The Labute approximate surface area is 152 Å². The predicted octanol–water partition coefficient (Wildman–Crippen LogP) is 0.104. The summed E-state index contributed by atoms with van der Waals surface area (Å²) in [5.74, 6) is -1.28. The largest absolute Gasteiger partial charge is 0.475 e. The quantitative estimate of drug-likeness (QED) is 0.490. The molecule has 1 aromatic carbocycles. The number of carbonyl (C=O) groups excluding carboxylic acids is 2. The number of rotatable bonds is 8. The Bertz CT molecular complexity index is 651. The second-order valence-electron chi connectivity index (χ2n) is 6.66. The molecule has 0 spiro atoms. The van der Waals surface area contributed by atoms with Crippen LogP contribution in [0.15, 0.2) is 35.5 Å². The first-order chi connectivity index (χ1) is 12.4. The van der Waals surface area contributed by atoms with Gasteiger partial charge < -0.3 is 25.5 Å². The Kier molecular flexibility index (Phi) is 7.17. The van der Waals surface area contributed by atoms with E-state index in [9.17, 15) is 19.6 Å². The van der Waals surface area contributed by atoms with E-state index in [4.69, 9.17) is 4.84 Å². The van der Waals surface area contributed by atoms with Gasteiger partial charge in [0.1, 0.15) is 0 Å². The minimum absolute atomic E-state index is 0.176. The maximum absolute atomic E-state index is 12.2. The number of carbonyl (C=O) groups is 2. The molecule has 0 radical (unpaired) electrons. The van der Waals surface area contributed by atoms with E-state index in [1.165, 1.54) is 0 Å². The van der Waals surface area contributed by atoms with Gasteiger partial charge in [0, 0.05) is 12.0 Å². The van der Waals surface area contributed by atoms with Crippen LogP contribution in [0.5, 0.6) is 0 Å². The van der Waals surface area contributed by atoms with E-state index < -0.39 is 25.1 Å². The molecular weight excluding hydrogens is 337 g/mol. The summed E-state index contributed by atoms with van der Waals surface area (Å²) in [7, 11) is -1.65. The highest BCUT2D eigenvalue weighted by Gasteiger charge is 2.33. The summed E-state index contributed by atoms with van der Waals surface area (Å²) in [6.45, 7) is 4.02. The van der Waals surface area contributed by atoms with Gasteiger partial charge in [-0.05, 0) is 24.5 Å². The lowest BCUT2D eigenvalue weighted by atomic mass is 9.75. The smallest absolute Gasteiger partial charge is 0.426 e. The highest BCUT2D eigenvalue weighted by molar-refractivity contribution is 6.43. The molecule has 0 fully saturated rings. The molecule has 8 nitrogen and oxygen atoms in total. The number of hydrogen-bond acceptors (Lipinski definition) is 6. The third kappa shape index (κ3) is 5.85. The average molecular weight is 361 g/mol. The number of nitrogens with one attached hydrogen (secondary N) is 2. The minimum Gasteiger partial charge on any atom is -0.426 e. The van der Waals surface area contributed by atoms with Crippen molar-refractivity contribution in [2.24, 2.45) is 11.1 Å². The molecule has 2 atom stereocenters. The second kappa shape index (κ2) is 9.35. The lowest BCUT2D eigenvalue weighted by Crippen LogP contribution is -2.50. The number of hydrogen-bond donors (Lipinski definition) is 4. The van der Waals surface area contributed by atoms with Gasteiger partial charge in [0.2, 0.25) is 6.10 Å². The molecule has 2 rings (SSSR count). The van der Waals surface area contributed by atoms with Crippen LogP contribution in [0.3, 0.4) is 0 Å². The van der Waals surface area contributed by atoms with Crippen molar-refractivity contribution < 1.29 is 24.5 Å². The monoisotopic (exact) mass is 361 g/mol. The van der Waals surface area contributed by atoms with E-state index in [1.807, 2.05) is 19.9 Å². The first-order valence-corrected chi connectivity index (χ1v) is 8.58. The molecule has 2 amide bonds. The average Bonchev–Trinajstić information content (AvgIpc) is 3.08. The lowest BCUT2D eigenvalue weighted by Gasteiger charge is -2.20. The molecule has 0 saturated heterocycles. The Morgan fingerprint density at radius 2 is 2.00 bits per heavy atom. The molecule has 1 heterocycles. The van der Waals surface area contributed by atoms with Crippen molar-refractivity contribution in [3.8, 4) is 0 Å². The lowest BCUT2D eigenvalue weighted by molar-refractivity contribution is -0.131. The third-order valence-corrected chi connectivity index (χ3v) is 3.92. The second-order valence-corrected chi connectivity index (χ2v) is 6.66. The topological polar surface area (TPSA) is 120 Å². The van der Waals surface area contributed by atoms with Crippen molar-refractivity contribution >= 4 is 24.6 Å². The van der Waals surface area contributed by atoms with Crippen LogP contribution in [0.2, 0.25) is 0 Å². The van der Waals surface area contributed by atoms with Crippen molar-refractivity contribution in [3.05, 3.63) is 35.9 Å². The Balaban J connectivity index is 1.79. The third-order valence-electron chi connectivity index (χ3n) is 3.92. The van der Waals surface area contributed by atoms with Crippen molar-refractivity contribution in [3.63, 3.8) is 0 Å². The molecule has 1 unspecified atom stereocenters. The first-order valence-electron chi connectivity index (χ1n) is 8.58. The normalized spacial score (nSPS) is 17.3. The molecule has 0 aliphatic carbocycles. The van der Waals surface area contributed by atoms with Gasteiger partial charge in [0.15, 0.2) is 0 Å². The fourth-order valence-electron chi connectivity index (χ4n) is 2.58. The van der Waals surface area contributed by atoms with Gasteiger partial charge in [-0.25, -0.2) is 0 Å². The van der Waals surface area contributed by atoms with E-state index in [0.29, 0.717) is 17.7 Å². The minimum atomic E-state index is -1.65. The molecular formula is C17H24BN3O5. The number of amides is 2. The molecule has 0 aromatic heterocycles. The number of benzene rings is 1. The van der Waals surface area contributed by atoms with E-state index >= 15 is 0 Å². The molecule has 26 heavy (non-hydrogen) atoms. The van der Waals surface area contributed by atoms with Gasteiger partial charge in [-0.15, -0.1) is 0 Å². The molecule has 1 aliphatic heterocycles. The number of oxime groups is 1. The Hall–Kier alpha value is -2.39. The van der Waals surface area contributed by atoms with Crippen LogP contribution in [0, 0.1) is 5.92 Å². The number of nitrogens with zero attached hydrogens (tertiary/aromatic N) is 1. The summed E-state index contributed by atoms with van der Waals surface area (Å²) in [5.41, 5.74) is 1.08. The summed E-state index contributed by atoms with van der Waals surface area (Å²) >= 11 is 0. The summed E-state index contributed by atoms with van der Waals surface area (Å²) in [4.78, 5) is 29.3. The highest BCUT2D eigenvalue weighted by Crippen LogP contribution is 2.12. The van der Waals surface area contributed by atoms with Gasteiger partial charge in [-0.2, -0.15) is 0 Å². The maximum Gasteiger partial charge on any atom is 0.475 e. The van der Waals surface area contributed by atoms with Gasteiger partial charge in [0.25, 0.3) is 11.8 Å². The van der Waals surface area contributed by atoms with Crippen molar-refractivity contribution in [1.29, 1.82) is 0 Å². The van der Waals surface area contributed by atoms with Crippen LogP contribution < -0.4 is 10.6 Å².